The molecule has 0 radical (unpaired) electrons. The van der Waals surface area contributed by atoms with Crippen molar-refractivity contribution in [3.05, 3.63) is 0 Å². The number of hydrogen-bond donors (Lipinski definition) is 4. The third kappa shape index (κ3) is 8.81. The van der Waals surface area contributed by atoms with E-state index >= 15 is 0 Å². The number of aliphatic hydroxyl groups excluding tert-OH is 2. The van der Waals surface area contributed by atoms with Crippen LogP contribution in [0.4, 0.5) is 0 Å². The van der Waals surface area contributed by atoms with Gasteiger partial charge in [0.1, 0.15) is 11.4 Å². The van der Waals surface area contributed by atoms with E-state index in [0.29, 0.717) is 45.7 Å². The zero-order valence-electron chi connectivity index (χ0n) is 43.3. The van der Waals surface area contributed by atoms with Gasteiger partial charge < -0.3 is 19.7 Å². The van der Waals surface area contributed by atoms with E-state index in [1.807, 2.05) is 13.8 Å². The maximum absolute atomic E-state index is 10.3. The van der Waals surface area contributed by atoms with Crippen LogP contribution in [-0.2, 0) is 20.1 Å². The van der Waals surface area contributed by atoms with E-state index in [2.05, 4.69) is 66.0 Å². The van der Waals surface area contributed by atoms with Crippen LogP contribution in [0.2, 0.25) is 0 Å². The number of piperidine rings is 2. The third-order valence-corrected chi connectivity index (χ3v) is 24.2. The SMILES string of the molecule is C.C.CC.C[C@H]1CC[C@]2(NC1)OC1CC3[C@@H]4CCC5C[C@@H](O)CC[C@]5(C)C4CC[C@]3(C)C1[C@@H]2C.C[C@H]1CC[C@]2(NC1)OC1CC3[C@@H]4CCC5C[C@@H](O)CC[C@]5(C)C4CC[C@]3(C)C1[C@@H]2C.O=S(=O)=O. The summed E-state index contributed by atoms with van der Waals surface area (Å²) in [5.74, 6) is 11.1. The van der Waals surface area contributed by atoms with E-state index in [0.717, 1.165) is 110 Å². The minimum absolute atomic E-state index is 0. The second-order valence-electron chi connectivity index (χ2n) is 26.7. The predicted molar refractivity (Wildman–Crippen MR) is 274 cm³/mol. The van der Waals surface area contributed by atoms with Crippen LogP contribution in [-0.4, -0.2) is 71.8 Å². The lowest BCUT2D eigenvalue weighted by Gasteiger charge is -2.61. The Morgan fingerprint density at radius 1 is 0.471 bits per heavy atom. The largest absolute Gasteiger partial charge is 0.425 e. The third-order valence-electron chi connectivity index (χ3n) is 24.2. The number of aliphatic hydroxyl groups is 2. The fraction of sp³-hybridized carbons (Fsp3) is 1.00. The summed E-state index contributed by atoms with van der Waals surface area (Å²) in [7, 11) is -3.11. The predicted octanol–water partition coefficient (Wildman–Crippen LogP) is 12.0. The van der Waals surface area contributed by atoms with E-state index in [9.17, 15) is 10.2 Å². The van der Waals surface area contributed by atoms with Crippen LogP contribution in [0.5, 0.6) is 0 Å². The number of ether oxygens (including phenoxy) is 2. The summed E-state index contributed by atoms with van der Waals surface area (Å²) in [6.07, 6.45) is 26.5. The monoisotopic (exact) mass is 973 g/mol. The molecule has 0 amide bonds. The summed E-state index contributed by atoms with van der Waals surface area (Å²) >= 11 is 0. The molecule has 4 saturated heterocycles. The van der Waals surface area contributed by atoms with Gasteiger partial charge in [0.25, 0.3) is 0 Å². The van der Waals surface area contributed by atoms with Gasteiger partial charge in [-0.25, -0.2) is 0 Å². The fourth-order valence-electron chi connectivity index (χ4n) is 20.9. The van der Waals surface area contributed by atoms with Crippen LogP contribution >= 0.6 is 0 Å². The molecule has 0 aromatic heterocycles. The lowest BCUT2D eigenvalue weighted by molar-refractivity contribution is -0.140. The molecule has 9 nitrogen and oxygen atoms in total. The molecule has 12 aliphatic rings. The topological polar surface area (TPSA) is 134 Å². The Labute approximate surface area is 417 Å². The van der Waals surface area contributed by atoms with Gasteiger partial charge in [-0.2, -0.15) is 0 Å². The molecule has 12 rings (SSSR count). The van der Waals surface area contributed by atoms with Crippen molar-refractivity contribution in [3.63, 3.8) is 0 Å². The summed E-state index contributed by atoms with van der Waals surface area (Å²) in [5, 5.41) is 28.4. The molecule has 10 unspecified atom stereocenters. The van der Waals surface area contributed by atoms with Crippen LogP contribution in [0, 0.1) is 105 Å². The first-order valence-corrected chi connectivity index (χ1v) is 29.3. The van der Waals surface area contributed by atoms with Gasteiger partial charge in [0.05, 0.1) is 24.4 Å². The first-order valence-electron chi connectivity index (χ1n) is 28.3. The molecule has 8 saturated carbocycles. The lowest BCUT2D eigenvalue weighted by atomic mass is 9.44. The highest BCUT2D eigenvalue weighted by atomic mass is 32.2. The fourth-order valence-corrected chi connectivity index (χ4v) is 20.9. The van der Waals surface area contributed by atoms with Crippen LogP contribution in [0.15, 0.2) is 0 Å². The van der Waals surface area contributed by atoms with Gasteiger partial charge in [0, 0.05) is 24.9 Å². The normalized spacial score (nSPS) is 55.6. The smallest absolute Gasteiger partial charge is 0.393 e. The van der Waals surface area contributed by atoms with Crippen molar-refractivity contribution in [2.75, 3.05) is 13.1 Å². The first kappa shape index (κ1) is 55.1. The number of nitrogens with one attached hydrogen (secondary N) is 2. The summed E-state index contributed by atoms with van der Waals surface area (Å²) in [4.78, 5) is 0. The van der Waals surface area contributed by atoms with Crippen LogP contribution in [0.25, 0.3) is 0 Å². The van der Waals surface area contributed by atoms with Gasteiger partial charge in [-0.05, 0) is 221 Å². The molecule has 4 heterocycles. The molecule has 2 spiro atoms. The van der Waals surface area contributed by atoms with Gasteiger partial charge in [0.15, 0.2) is 0 Å². The van der Waals surface area contributed by atoms with Crippen molar-refractivity contribution >= 4 is 10.6 Å². The standard InChI is InChI=1S/2C27H45NO2.C2H6.2CH4.O3S/c2*1-16-7-12-27(28-15-16)17(2)24-23(30-27)14-22-20-6-5-18-13-19(29)8-10-25(18,3)21(20)9-11-26(22,24)4;1-2;;;1-4(2)3/h2*16-24,28-29H,5-15H2,1-4H3;1-2H3;2*1H4;/t2*16-,17-,18?,19-,20+,21?,22?,23?,24?,25-,26-,27-;;;;/m00..../s1. The maximum Gasteiger partial charge on any atom is 0.425 e. The minimum Gasteiger partial charge on any atom is -0.393 e. The first-order chi connectivity index (χ1) is 31.3. The summed E-state index contributed by atoms with van der Waals surface area (Å²) in [6.45, 7) is 26.6. The quantitative estimate of drug-likeness (QED) is 0.187. The van der Waals surface area contributed by atoms with Gasteiger partial charge >= 0.3 is 10.6 Å². The Kier molecular flexibility index (Phi) is 16.4. The zero-order valence-corrected chi connectivity index (χ0v) is 44.1. The molecule has 24 atom stereocenters. The van der Waals surface area contributed by atoms with E-state index < -0.39 is 10.6 Å². The Hall–Kier alpha value is -0.620. The maximum atomic E-state index is 10.3. The number of hydrogen-bond acceptors (Lipinski definition) is 9. The Morgan fingerprint density at radius 3 is 1.16 bits per heavy atom. The second-order valence-corrected chi connectivity index (χ2v) is 27.1. The van der Waals surface area contributed by atoms with Crippen LogP contribution < -0.4 is 10.6 Å². The van der Waals surface area contributed by atoms with Crippen LogP contribution in [0.1, 0.15) is 213 Å². The van der Waals surface area contributed by atoms with E-state index in [1.54, 1.807) is 0 Å². The van der Waals surface area contributed by atoms with Gasteiger partial charge in [-0.3, -0.25) is 10.6 Å². The Bertz CT molecular complexity index is 1710. The molecule has 0 bridgehead atoms. The molecule has 12 fully saturated rings. The molecule has 4 aliphatic heterocycles. The molecule has 4 N–H and O–H groups in total. The molecular weight excluding hydrogens is 869 g/mol. The Balaban J connectivity index is 0.000000176. The van der Waals surface area contributed by atoms with Crippen molar-refractivity contribution in [3.8, 4) is 0 Å². The van der Waals surface area contributed by atoms with E-state index in [-0.39, 0.29) is 38.5 Å². The van der Waals surface area contributed by atoms with E-state index in [1.165, 1.54) is 103 Å². The summed E-state index contributed by atoms with van der Waals surface area (Å²) in [6, 6.07) is 0. The minimum atomic E-state index is -3.11. The summed E-state index contributed by atoms with van der Waals surface area (Å²) in [5.41, 5.74) is 1.84. The molecule has 0 aromatic carbocycles. The molecule has 394 valence electrons. The molecule has 68 heavy (non-hydrogen) atoms. The second kappa shape index (κ2) is 20.2. The van der Waals surface area contributed by atoms with Crippen molar-refractivity contribution in [2.45, 2.75) is 248 Å². The highest BCUT2D eigenvalue weighted by Crippen LogP contribution is 2.73. The van der Waals surface area contributed by atoms with Gasteiger partial charge in [0.2, 0.25) is 0 Å². The number of rotatable bonds is 0. The highest BCUT2D eigenvalue weighted by molar-refractivity contribution is 7.59. The highest BCUT2D eigenvalue weighted by Gasteiger charge is 2.70. The number of fused-ring (bicyclic) bond motifs is 14. The van der Waals surface area contributed by atoms with Crippen molar-refractivity contribution < 1.29 is 32.3 Å². The lowest BCUT2D eigenvalue weighted by Crippen LogP contribution is -2.57. The molecule has 10 heteroatoms. The van der Waals surface area contributed by atoms with Crippen molar-refractivity contribution in [1.82, 2.24) is 10.6 Å². The average molecular weight is 974 g/mol. The molecule has 8 aliphatic carbocycles. The van der Waals surface area contributed by atoms with Crippen LogP contribution in [0.3, 0.4) is 0 Å². The zero-order chi connectivity index (χ0) is 47.4. The van der Waals surface area contributed by atoms with Gasteiger partial charge in [-0.15, -0.1) is 12.6 Å². The van der Waals surface area contributed by atoms with Gasteiger partial charge in [-0.1, -0.05) is 84.1 Å². The van der Waals surface area contributed by atoms with Crippen molar-refractivity contribution in [1.29, 1.82) is 0 Å². The Morgan fingerprint density at radius 2 is 0.824 bits per heavy atom. The molecular formula is C58H104N2O7S. The summed E-state index contributed by atoms with van der Waals surface area (Å²) < 4.78 is 39.4. The van der Waals surface area contributed by atoms with E-state index in [4.69, 9.17) is 22.1 Å². The molecule has 0 aromatic rings. The van der Waals surface area contributed by atoms with Crippen molar-refractivity contribution in [2.24, 2.45) is 105 Å². The average Bonchev–Trinajstić information content (AvgIpc) is 3.94.